The maximum absolute atomic E-state index is 13.9. The van der Waals surface area contributed by atoms with Crippen molar-refractivity contribution < 1.29 is 9.13 Å². The number of hydrogen-bond acceptors (Lipinski definition) is 4. The fourth-order valence-electron chi connectivity index (χ4n) is 2.12. The summed E-state index contributed by atoms with van der Waals surface area (Å²) in [5.74, 6) is -0.531. The maximum Gasteiger partial charge on any atom is 0.258 e. The number of aromatic amines is 1. The van der Waals surface area contributed by atoms with Gasteiger partial charge in [0.25, 0.3) is 5.56 Å². The van der Waals surface area contributed by atoms with E-state index >= 15 is 0 Å². The van der Waals surface area contributed by atoms with E-state index < -0.39 is 5.82 Å². The molecule has 3 aromatic rings. The van der Waals surface area contributed by atoms with Crippen LogP contribution in [0, 0.1) is 24.1 Å². The van der Waals surface area contributed by atoms with E-state index in [1.54, 1.807) is 19.1 Å². The molecule has 0 aliphatic heterocycles. The third-order valence-electron chi connectivity index (χ3n) is 3.26. The van der Waals surface area contributed by atoms with Gasteiger partial charge in [0.1, 0.15) is 17.4 Å². The van der Waals surface area contributed by atoms with Crippen molar-refractivity contribution in [2.75, 3.05) is 0 Å². The average Bonchev–Trinajstić information content (AvgIpc) is 2.52. The number of rotatable bonds is 2. The number of nitrogens with one attached hydrogen (secondary N) is 1. The predicted molar refractivity (Wildman–Crippen MR) is 78.3 cm³/mol. The lowest BCUT2D eigenvalue weighted by Crippen LogP contribution is -2.06. The maximum atomic E-state index is 13.9. The molecule has 2 aromatic carbocycles. The molecule has 1 N–H and O–H groups in total. The molecule has 0 aliphatic carbocycles. The van der Waals surface area contributed by atoms with Crippen LogP contribution in [-0.2, 0) is 0 Å². The molecule has 1 aromatic heterocycles. The molecule has 0 atom stereocenters. The molecular weight excluding hydrogens is 285 g/mol. The number of nitriles is 1. The molecule has 5 nitrogen and oxygen atoms in total. The monoisotopic (exact) mass is 295 g/mol. The summed E-state index contributed by atoms with van der Waals surface area (Å²) in [4.78, 5) is 18.2. The number of H-pyrrole nitrogens is 1. The Morgan fingerprint density at radius 1 is 1.32 bits per heavy atom. The van der Waals surface area contributed by atoms with Gasteiger partial charge in [-0.05, 0) is 36.8 Å². The normalized spacial score (nSPS) is 10.4. The van der Waals surface area contributed by atoms with Crippen LogP contribution in [-0.4, -0.2) is 9.97 Å². The number of halogens is 1. The summed E-state index contributed by atoms with van der Waals surface area (Å²) < 4.78 is 19.4. The summed E-state index contributed by atoms with van der Waals surface area (Å²) in [6.45, 7) is 1.69. The zero-order valence-corrected chi connectivity index (χ0v) is 11.6. The molecule has 0 bridgehead atoms. The highest BCUT2D eigenvalue weighted by molar-refractivity contribution is 5.78. The van der Waals surface area contributed by atoms with Gasteiger partial charge in [-0.1, -0.05) is 6.07 Å². The van der Waals surface area contributed by atoms with Gasteiger partial charge in [0.2, 0.25) is 0 Å². The first-order valence-corrected chi connectivity index (χ1v) is 6.44. The van der Waals surface area contributed by atoms with Crippen molar-refractivity contribution in [3.8, 4) is 17.6 Å². The van der Waals surface area contributed by atoms with Crippen LogP contribution in [0.25, 0.3) is 10.9 Å². The van der Waals surface area contributed by atoms with E-state index in [0.717, 1.165) is 0 Å². The lowest BCUT2D eigenvalue weighted by molar-refractivity contribution is 0.440. The predicted octanol–water partition coefficient (Wildman–Crippen LogP) is 3.03. The second-order valence-corrected chi connectivity index (χ2v) is 4.69. The molecule has 0 fully saturated rings. The van der Waals surface area contributed by atoms with Gasteiger partial charge in [-0.3, -0.25) is 4.79 Å². The molecular formula is C16H10FN3O2. The standard InChI is InChI=1S/C16H10FN3O2/c1-9-2-4-13(17)15(12(9)7-18)22-10-3-5-14-11(6-10)16(21)20-8-19-14/h2-6,8H,1H3,(H,19,20,21). The van der Waals surface area contributed by atoms with Gasteiger partial charge in [-0.25, -0.2) is 9.37 Å². The SMILES string of the molecule is Cc1ccc(F)c(Oc2ccc3nc[nH]c(=O)c3c2)c1C#N. The van der Waals surface area contributed by atoms with Gasteiger partial charge in [0, 0.05) is 0 Å². The highest BCUT2D eigenvalue weighted by atomic mass is 19.1. The first-order chi connectivity index (χ1) is 10.6. The Balaban J connectivity index is 2.12. The molecule has 0 spiro atoms. The van der Waals surface area contributed by atoms with Crippen LogP contribution in [0.1, 0.15) is 11.1 Å². The quantitative estimate of drug-likeness (QED) is 0.788. The zero-order chi connectivity index (χ0) is 15.7. The third-order valence-corrected chi connectivity index (χ3v) is 3.26. The van der Waals surface area contributed by atoms with E-state index in [1.165, 1.54) is 24.5 Å². The van der Waals surface area contributed by atoms with Crippen LogP contribution in [0.15, 0.2) is 41.5 Å². The molecule has 108 valence electrons. The largest absolute Gasteiger partial charge is 0.453 e. The lowest BCUT2D eigenvalue weighted by Gasteiger charge is -2.10. The van der Waals surface area contributed by atoms with Crippen molar-refractivity contribution in [1.29, 1.82) is 5.26 Å². The van der Waals surface area contributed by atoms with Crippen LogP contribution in [0.3, 0.4) is 0 Å². The van der Waals surface area contributed by atoms with Crippen LogP contribution < -0.4 is 10.3 Å². The molecule has 3 rings (SSSR count). The lowest BCUT2D eigenvalue weighted by atomic mass is 10.1. The second-order valence-electron chi connectivity index (χ2n) is 4.69. The second kappa shape index (κ2) is 5.30. The fraction of sp³-hybridized carbons (Fsp3) is 0.0625. The molecule has 0 radical (unpaired) electrons. The molecule has 0 saturated heterocycles. The summed E-state index contributed by atoms with van der Waals surface area (Å²) in [5.41, 5.74) is 0.918. The minimum atomic E-state index is -0.637. The molecule has 0 unspecified atom stereocenters. The average molecular weight is 295 g/mol. The number of aryl methyl sites for hydroxylation is 1. The van der Waals surface area contributed by atoms with Crippen molar-refractivity contribution in [2.45, 2.75) is 6.92 Å². The van der Waals surface area contributed by atoms with Crippen molar-refractivity contribution >= 4 is 10.9 Å². The van der Waals surface area contributed by atoms with Crippen LogP contribution in [0.4, 0.5) is 4.39 Å². The molecule has 0 amide bonds. The summed E-state index contributed by atoms with van der Waals surface area (Å²) in [5, 5.41) is 9.48. The Labute approximate surface area is 124 Å². The first kappa shape index (κ1) is 13.8. The Morgan fingerprint density at radius 2 is 2.14 bits per heavy atom. The van der Waals surface area contributed by atoms with Crippen LogP contribution in [0.2, 0.25) is 0 Å². The summed E-state index contributed by atoms with van der Waals surface area (Å²) in [6.07, 6.45) is 1.30. The van der Waals surface area contributed by atoms with Gasteiger partial charge in [-0.15, -0.1) is 0 Å². The summed E-state index contributed by atoms with van der Waals surface area (Å²) in [7, 11) is 0. The number of aromatic nitrogens is 2. The Kier molecular flexibility index (Phi) is 3.31. The van der Waals surface area contributed by atoms with Crippen molar-refractivity contribution in [1.82, 2.24) is 9.97 Å². The molecule has 0 aliphatic rings. The molecule has 1 heterocycles. The topological polar surface area (TPSA) is 78.8 Å². The summed E-state index contributed by atoms with van der Waals surface area (Å²) >= 11 is 0. The Hall–Kier alpha value is -3.20. The zero-order valence-electron chi connectivity index (χ0n) is 11.6. The number of benzene rings is 2. The Morgan fingerprint density at radius 3 is 2.91 bits per heavy atom. The van der Waals surface area contributed by atoms with Crippen molar-refractivity contribution in [3.63, 3.8) is 0 Å². The van der Waals surface area contributed by atoms with E-state index in [9.17, 15) is 9.18 Å². The van der Waals surface area contributed by atoms with Gasteiger partial charge >= 0.3 is 0 Å². The third kappa shape index (κ3) is 2.29. The first-order valence-electron chi connectivity index (χ1n) is 6.44. The van der Waals surface area contributed by atoms with E-state index in [0.29, 0.717) is 16.5 Å². The van der Waals surface area contributed by atoms with Crippen molar-refractivity contribution in [2.24, 2.45) is 0 Å². The highest BCUT2D eigenvalue weighted by Gasteiger charge is 2.14. The Bertz CT molecular complexity index is 973. The van der Waals surface area contributed by atoms with Gasteiger partial charge in [0.15, 0.2) is 11.6 Å². The molecule has 6 heteroatoms. The van der Waals surface area contributed by atoms with Gasteiger partial charge in [0.05, 0.1) is 17.2 Å². The van der Waals surface area contributed by atoms with E-state index in [4.69, 9.17) is 10.00 Å². The number of fused-ring (bicyclic) bond motifs is 1. The van der Waals surface area contributed by atoms with Crippen LogP contribution in [0.5, 0.6) is 11.5 Å². The molecule has 0 saturated carbocycles. The van der Waals surface area contributed by atoms with E-state index in [-0.39, 0.29) is 22.6 Å². The molecule has 22 heavy (non-hydrogen) atoms. The van der Waals surface area contributed by atoms with Gasteiger partial charge in [-0.2, -0.15) is 5.26 Å². The highest BCUT2D eigenvalue weighted by Crippen LogP contribution is 2.30. The minimum absolute atomic E-state index is 0.125. The van der Waals surface area contributed by atoms with Crippen molar-refractivity contribution in [3.05, 3.63) is 64.0 Å². The minimum Gasteiger partial charge on any atom is -0.453 e. The number of hydrogen-bond donors (Lipinski definition) is 1. The number of ether oxygens (including phenoxy) is 1. The summed E-state index contributed by atoms with van der Waals surface area (Å²) in [6, 6.07) is 9.30. The number of nitrogens with zero attached hydrogens (tertiary/aromatic N) is 2. The fourth-order valence-corrected chi connectivity index (χ4v) is 2.12. The van der Waals surface area contributed by atoms with E-state index in [2.05, 4.69) is 9.97 Å². The smallest absolute Gasteiger partial charge is 0.258 e. The van der Waals surface area contributed by atoms with Gasteiger partial charge < -0.3 is 9.72 Å². The van der Waals surface area contributed by atoms with E-state index in [1.807, 2.05) is 6.07 Å². The van der Waals surface area contributed by atoms with Crippen LogP contribution >= 0.6 is 0 Å².